The number of anilines is 1. The van der Waals surface area contributed by atoms with Gasteiger partial charge in [-0.3, -0.25) is 0 Å². The molecule has 1 aliphatic heterocycles. The van der Waals surface area contributed by atoms with Crippen LogP contribution in [0.5, 0.6) is 0 Å². The van der Waals surface area contributed by atoms with Crippen LogP contribution in [-0.4, -0.2) is 43.1 Å². The average molecular weight is 425 g/mol. The van der Waals surface area contributed by atoms with Gasteiger partial charge in [0.2, 0.25) is 0 Å². The molecular weight excluding hydrogens is 406 g/mol. The van der Waals surface area contributed by atoms with E-state index in [0.29, 0.717) is 0 Å². The van der Waals surface area contributed by atoms with Crippen LogP contribution in [0.2, 0.25) is 5.02 Å². The number of likely N-dealkylation sites (N-methyl/N-ethyl adjacent to an activating group) is 1. The lowest BCUT2D eigenvalue weighted by molar-refractivity contribution is 0.313. The Kier molecular flexibility index (Phi) is 5.45. The van der Waals surface area contributed by atoms with Crippen LogP contribution in [0.15, 0.2) is 41.1 Å². The Hall–Kier alpha value is -1.14. The Labute approximate surface area is 161 Å². The predicted molar refractivity (Wildman–Crippen MR) is 110 cm³/mol. The molecule has 0 bridgehead atoms. The molecule has 0 saturated carbocycles. The van der Waals surface area contributed by atoms with E-state index in [0.717, 1.165) is 47.8 Å². The van der Waals surface area contributed by atoms with Crippen LogP contribution in [-0.2, 0) is 0 Å². The maximum atomic E-state index is 6.24. The summed E-state index contributed by atoms with van der Waals surface area (Å²) in [5.74, 6) is 0. The zero-order valence-corrected chi connectivity index (χ0v) is 16.7. The Morgan fingerprint density at radius 1 is 1.08 bits per heavy atom. The molecule has 0 spiro atoms. The van der Waals surface area contributed by atoms with Crippen molar-refractivity contribution >= 4 is 56.5 Å². The number of rotatable bonds is 2. The molecule has 1 aromatic carbocycles. The zero-order chi connectivity index (χ0) is 15.8. The topological polar surface area (TPSA) is 19.4 Å². The number of pyridine rings is 1. The minimum atomic E-state index is 0. The number of fused-ring (bicyclic) bond motifs is 1. The number of hydrogen-bond acceptors (Lipinski definition) is 4. The molecule has 3 aromatic rings. The van der Waals surface area contributed by atoms with Gasteiger partial charge in [0, 0.05) is 53.2 Å². The van der Waals surface area contributed by atoms with Crippen LogP contribution < -0.4 is 4.90 Å². The van der Waals surface area contributed by atoms with E-state index in [2.05, 4.69) is 39.7 Å². The smallest absolute Gasteiger partial charge is 0.0738 e. The number of nitrogens with zero attached hydrogens (tertiary/aromatic N) is 3. The van der Waals surface area contributed by atoms with Crippen LogP contribution in [0.4, 0.5) is 5.69 Å². The summed E-state index contributed by atoms with van der Waals surface area (Å²) in [5.41, 5.74) is 4.47. The molecule has 24 heavy (non-hydrogen) atoms. The molecule has 4 rings (SSSR count). The first kappa shape index (κ1) is 17.7. The fraction of sp³-hybridized carbons (Fsp3) is 0.278. The molecule has 1 fully saturated rings. The highest BCUT2D eigenvalue weighted by Gasteiger charge is 2.18. The first-order valence-corrected chi connectivity index (χ1v) is 9.09. The minimum absolute atomic E-state index is 0. The van der Waals surface area contributed by atoms with E-state index < -0.39 is 0 Å². The number of piperazine rings is 1. The molecule has 3 heterocycles. The molecule has 3 nitrogen and oxygen atoms in total. The van der Waals surface area contributed by atoms with Gasteiger partial charge in [-0.2, -0.15) is 11.3 Å². The van der Waals surface area contributed by atoms with Gasteiger partial charge >= 0.3 is 0 Å². The van der Waals surface area contributed by atoms with Gasteiger partial charge in [-0.05, 0) is 42.8 Å². The lowest BCUT2D eigenvalue weighted by Gasteiger charge is -2.34. The molecular formula is C18H19BrClN3S. The van der Waals surface area contributed by atoms with Crippen molar-refractivity contribution in [1.82, 2.24) is 9.88 Å². The van der Waals surface area contributed by atoms with Crippen molar-refractivity contribution < 1.29 is 0 Å². The molecule has 126 valence electrons. The number of hydrogen-bond donors (Lipinski definition) is 0. The highest BCUT2D eigenvalue weighted by Crippen LogP contribution is 2.33. The van der Waals surface area contributed by atoms with Gasteiger partial charge < -0.3 is 9.80 Å². The van der Waals surface area contributed by atoms with E-state index in [-0.39, 0.29) is 17.0 Å². The summed E-state index contributed by atoms with van der Waals surface area (Å²) >= 11 is 7.94. The maximum Gasteiger partial charge on any atom is 0.0738 e. The summed E-state index contributed by atoms with van der Waals surface area (Å²) < 4.78 is 0. The monoisotopic (exact) mass is 423 g/mol. The molecule has 0 amide bonds. The van der Waals surface area contributed by atoms with Gasteiger partial charge in [0.25, 0.3) is 0 Å². The van der Waals surface area contributed by atoms with Gasteiger partial charge in [-0.25, -0.2) is 4.98 Å². The third-order valence-electron chi connectivity index (χ3n) is 4.41. The summed E-state index contributed by atoms with van der Waals surface area (Å²) in [6.45, 7) is 4.23. The molecule has 6 heteroatoms. The van der Waals surface area contributed by atoms with E-state index in [1.165, 1.54) is 11.3 Å². The largest absolute Gasteiger partial charge is 0.368 e. The molecule has 1 saturated heterocycles. The predicted octanol–water partition coefficient (Wildman–Crippen LogP) is 4.95. The van der Waals surface area contributed by atoms with Crippen molar-refractivity contribution in [2.24, 2.45) is 0 Å². The Balaban J connectivity index is 0.00000169. The number of halogens is 2. The summed E-state index contributed by atoms with van der Waals surface area (Å²) in [5, 5.41) is 6.15. The first-order valence-electron chi connectivity index (χ1n) is 7.77. The van der Waals surface area contributed by atoms with Crippen molar-refractivity contribution in [2.75, 3.05) is 38.1 Å². The lowest BCUT2D eigenvalue weighted by atomic mass is 10.1. The van der Waals surface area contributed by atoms with Crippen molar-refractivity contribution in [3.05, 3.63) is 46.1 Å². The summed E-state index contributed by atoms with van der Waals surface area (Å²) in [6.07, 6.45) is 0. The van der Waals surface area contributed by atoms with Gasteiger partial charge in [-0.15, -0.1) is 17.0 Å². The van der Waals surface area contributed by atoms with E-state index >= 15 is 0 Å². The summed E-state index contributed by atoms with van der Waals surface area (Å²) in [7, 11) is 2.18. The van der Waals surface area contributed by atoms with Crippen molar-refractivity contribution in [3.63, 3.8) is 0 Å². The van der Waals surface area contributed by atoms with E-state index in [9.17, 15) is 0 Å². The minimum Gasteiger partial charge on any atom is -0.368 e. The first-order chi connectivity index (χ1) is 11.2. The highest BCUT2D eigenvalue weighted by molar-refractivity contribution is 8.93. The maximum absolute atomic E-state index is 6.24. The second-order valence-electron chi connectivity index (χ2n) is 5.99. The van der Waals surface area contributed by atoms with E-state index in [1.54, 1.807) is 11.3 Å². The Morgan fingerprint density at radius 3 is 2.58 bits per heavy atom. The highest BCUT2D eigenvalue weighted by atomic mass is 79.9. The summed E-state index contributed by atoms with van der Waals surface area (Å²) in [4.78, 5) is 9.66. The Morgan fingerprint density at radius 2 is 1.88 bits per heavy atom. The quantitative estimate of drug-likeness (QED) is 0.580. The number of benzene rings is 1. The fourth-order valence-electron chi connectivity index (χ4n) is 3.05. The third-order valence-corrected chi connectivity index (χ3v) is 5.33. The van der Waals surface area contributed by atoms with Crippen LogP contribution in [0.25, 0.3) is 22.2 Å². The number of thiophene rings is 1. The van der Waals surface area contributed by atoms with Gasteiger partial charge in [0.15, 0.2) is 0 Å². The van der Waals surface area contributed by atoms with Crippen LogP contribution in [0.3, 0.4) is 0 Å². The molecule has 0 aliphatic carbocycles. The lowest BCUT2D eigenvalue weighted by Crippen LogP contribution is -2.44. The molecule has 0 unspecified atom stereocenters. The van der Waals surface area contributed by atoms with Crippen molar-refractivity contribution in [1.29, 1.82) is 0 Å². The van der Waals surface area contributed by atoms with Crippen LogP contribution in [0, 0.1) is 0 Å². The second kappa shape index (κ2) is 7.40. The van der Waals surface area contributed by atoms with Gasteiger partial charge in [0.1, 0.15) is 0 Å². The standard InChI is InChI=1S/C18H18ClN3S.BrH/c1-21-5-7-22(8-6-21)18-11-17(13-4-9-23-12-13)20-16-3-2-14(19)10-15(16)18;/h2-4,9-12H,5-8H2,1H3;1H. The molecule has 2 aromatic heterocycles. The molecule has 0 N–H and O–H groups in total. The number of aromatic nitrogens is 1. The molecule has 0 radical (unpaired) electrons. The van der Waals surface area contributed by atoms with Crippen molar-refractivity contribution in [3.8, 4) is 11.3 Å². The second-order valence-corrected chi connectivity index (χ2v) is 7.21. The molecule has 1 aliphatic rings. The molecule has 0 atom stereocenters. The third kappa shape index (κ3) is 3.45. The van der Waals surface area contributed by atoms with Gasteiger partial charge in [-0.1, -0.05) is 11.6 Å². The summed E-state index contributed by atoms with van der Waals surface area (Å²) in [6, 6.07) is 10.3. The van der Waals surface area contributed by atoms with Gasteiger partial charge in [0.05, 0.1) is 11.2 Å². The zero-order valence-electron chi connectivity index (χ0n) is 13.4. The Bertz CT molecular complexity index is 830. The van der Waals surface area contributed by atoms with Crippen molar-refractivity contribution in [2.45, 2.75) is 0 Å². The van der Waals surface area contributed by atoms with Crippen LogP contribution >= 0.6 is 39.9 Å². The fourth-order valence-corrected chi connectivity index (χ4v) is 3.87. The normalized spacial score (nSPS) is 15.5. The van der Waals surface area contributed by atoms with Crippen LogP contribution in [0.1, 0.15) is 0 Å². The SMILES string of the molecule is Br.CN1CCN(c2cc(-c3ccsc3)nc3ccc(Cl)cc23)CC1. The van der Waals surface area contributed by atoms with E-state index in [4.69, 9.17) is 16.6 Å². The average Bonchev–Trinajstić information content (AvgIpc) is 3.09. The van der Waals surface area contributed by atoms with E-state index in [1.807, 2.05) is 18.2 Å².